The summed E-state index contributed by atoms with van der Waals surface area (Å²) in [5.41, 5.74) is 1.48. The Morgan fingerprint density at radius 3 is 2.25 bits per heavy atom. The van der Waals surface area contributed by atoms with Crippen LogP contribution in [-0.2, 0) is 10.1 Å². The highest BCUT2D eigenvalue weighted by Gasteiger charge is 2.13. The van der Waals surface area contributed by atoms with Crippen molar-refractivity contribution in [2.45, 2.75) is 38.1 Å². The van der Waals surface area contributed by atoms with E-state index in [4.69, 9.17) is 0 Å². The first kappa shape index (κ1) is 16.7. The molecular weight excluding hydrogens is 320 g/mol. The lowest BCUT2D eigenvalue weighted by Crippen LogP contribution is -2.41. The van der Waals surface area contributed by atoms with E-state index in [9.17, 15) is 9.59 Å². The zero-order valence-electron chi connectivity index (χ0n) is 12.1. The molecule has 0 spiro atoms. The van der Waals surface area contributed by atoms with Crippen LogP contribution in [0.2, 0.25) is 0 Å². The van der Waals surface area contributed by atoms with Crippen LogP contribution < -0.4 is 10.6 Å². The van der Waals surface area contributed by atoms with Gasteiger partial charge in [0.05, 0.1) is 0 Å². The van der Waals surface area contributed by atoms with Gasteiger partial charge in [-0.2, -0.15) is 0 Å². The fourth-order valence-corrected chi connectivity index (χ4v) is 1.99. The van der Waals surface area contributed by atoms with Crippen molar-refractivity contribution in [2.75, 3.05) is 6.54 Å². The molecule has 0 atom stereocenters. The zero-order chi connectivity index (χ0) is 15.2. The molecule has 4 nitrogen and oxygen atoms in total. The van der Waals surface area contributed by atoms with Gasteiger partial charge in [0.2, 0.25) is 5.91 Å². The fourth-order valence-electron chi connectivity index (χ4n) is 1.62. The summed E-state index contributed by atoms with van der Waals surface area (Å²) in [4.78, 5) is 23.4. The summed E-state index contributed by atoms with van der Waals surface area (Å²) >= 11 is 3.36. The Morgan fingerprint density at radius 1 is 1.15 bits per heavy atom. The number of carbonyl (C=O) groups excluding carboxylic acids is 2. The van der Waals surface area contributed by atoms with Crippen molar-refractivity contribution in [2.24, 2.45) is 0 Å². The molecule has 0 bridgehead atoms. The van der Waals surface area contributed by atoms with Crippen LogP contribution >= 0.6 is 15.9 Å². The van der Waals surface area contributed by atoms with Crippen LogP contribution in [0, 0.1) is 0 Å². The van der Waals surface area contributed by atoms with Crippen molar-refractivity contribution in [1.82, 2.24) is 10.6 Å². The van der Waals surface area contributed by atoms with Crippen molar-refractivity contribution in [3.63, 3.8) is 0 Å². The van der Waals surface area contributed by atoms with Crippen LogP contribution in [0.1, 0.15) is 43.1 Å². The number of hydrogen-bond acceptors (Lipinski definition) is 2. The third-order valence-electron chi connectivity index (χ3n) is 2.52. The van der Waals surface area contributed by atoms with Gasteiger partial charge in [-0.15, -0.1) is 0 Å². The summed E-state index contributed by atoms with van der Waals surface area (Å²) in [6.45, 7) is 6.11. The monoisotopic (exact) mass is 340 g/mol. The van der Waals surface area contributed by atoms with Crippen LogP contribution in [0.15, 0.2) is 24.3 Å². The largest absolute Gasteiger partial charge is 0.352 e. The number of halogens is 1. The first-order valence-electron chi connectivity index (χ1n) is 6.56. The highest BCUT2D eigenvalue weighted by atomic mass is 79.9. The molecule has 0 aliphatic heterocycles. The number of rotatable bonds is 5. The molecule has 0 aliphatic rings. The Kier molecular flexibility index (Phi) is 6.20. The van der Waals surface area contributed by atoms with E-state index in [1.54, 1.807) is 12.1 Å². The normalized spacial score (nSPS) is 11.0. The molecule has 1 rings (SSSR count). The van der Waals surface area contributed by atoms with E-state index in [0.29, 0.717) is 12.1 Å². The van der Waals surface area contributed by atoms with Gasteiger partial charge < -0.3 is 10.6 Å². The fraction of sp³-hybridized carbons (Fsp3) is 0.467. The van der Waals surface area contributed by atoms with Crippen LogP contribution in [0.5, 0.6) is 0 Å². The molecule has 20 heavy (non-hydrogen) atoms. The van der Waals surface area contributed by atoms with Gasteiger partial charge in [0.15, 0.2) is 0 Å². The second kappa shape index (κ2) is 7.43. The summed E-state index contributed by atoms with van der Waals surface area (Å²) in [7, 11) is 0. The Labute approximate surface area is 128 Å². The summed E-state index contributed by atoms with van der Waals surface area (Å²) < 4.78 is 0. The molecule has 110 valence electrons. The Morgan fingerprint density at radius 2 is 1.75 bits per heavy atom. The van der Waals surface area contributed by atoms with Gasteiger partial charge >= 0.3 is 0 Å². The second-order valence-electron chi connectivity index (χ2n) is 5.63. The Balaban J connectivity index is 2.38. The van der Waals surface area contributed by atoms with Crippen molar-refractivity contribution in [3.05, 3.63) is 35.4 Å². The molecule has 0 aromatic heterocycles. The molecule has 0 unspecified atom stereocenters. The topological polar surface area (TPSA) is 58.2 Å². The zero-order valence-corrected chi connectivity index (χ0v) is 13.7. The first-order chi connectivity index (χ1) is 9.31. The van der Waals surface area contributed by atoms with E-state index in [0.717, 1.165) is 10.9 Å². The van der Waals surface area contributed by atoms with Crippen molar-refractivity contribution >= 4 is 27.7 Å². The summed E-state index contributed by atoms with van der Waals surface area (Å²) in [6.07, 6.45) is 0.280. The lowest BCUT2D eigenvalue weighted by atomic mass is 10.1. The van der Waals surface area contributed by atoms with Crippen LogP contribution in [0.3, 0.4) is 0 Å². The van der Waals surface area contributed by atoms with Gasteiger partial charge in [0.1, 0.15) is 0 Å². The van der Waals surface area contributed by atoms with E-state index in [-0.39, 0.29) is 23.8 Å². The Bertz CT molecular complexity index is 464. The predicted molar refractivity (Wildman–Crippen MR) is 83.9 cm³/mol. The second-order valence-corrected chi connectivity index (χ2v) is 6.20. The summed E-state index contributed by atoms with van der Waals surface area (Å²) in [6, 6.07) is 7.36. The molecule has 0 aliphatic carbocycles. The summed E-state index contributed by atoms with van der Waals surface area (Å²) in [5.74, 6) is -0.220. The number of nitrogens with one attached hydrogen (secondary N) is 2. The molecule has 0 fully saturated rings. The van der Waals surface area contributed by atoms with E-state index in [1.807, 2.05) is 32.9 Å². The number of hydrogen-bond donors (Lipinski definition) is 2. The minimum atomic E-state index is -0.243. The van der Waals surface area contributed by atoms with E-state index < -0.39 is 0 Å². The van der Waals surface area contributed by atoms with E-state index in [1.165, 1.54) is 0 Å². The SMILES string of the molecule is CC(C)(C)NC(=O)CCNC(=O)c1ccc(CBr)cc1. The molecule has 0 saturated carbocycles. The van der Waals surface area contributed by atoms with Crippen LogP contribution in [0.4, 0.5) is 0 Å². The lowest BCUT2D eigenvalue weighted by molar-refractivity contribution is -0.122. The van der Waals surface area contributed by atoms with Crippen molar-refractivity contribution in [3.8, 4) is 0 Å². The quantitative estimate of drug-likeness (QED) is 0.809. The minimum absolute atomic E-state index is 0.0626. The predicted octanol–water partition coefficient (Wildman–Crippen LogP) is 2.62. The number of benzene rings is 1. The van der Waals surface area contributed by atoms with Gasteiger partial charge in [0, 0.05) is 29.4 Å². The van der Waals surface area contributed by atoms with Crippen molar-refractivity contribution < 1.29 is 9.59 Å². The van der Waals surface area contributed by atoms with Gasteiger partial charge in [-0.05, 0) is 38.5 Å². The number of amides is 2. The average Bonchev–Trinajstić information content (AvgIpc) is 2.36. The standard InChI is InChI=1S/C15H21BrN2O2/c1-15(2,3)18-13(19)8-9-17-14(20)12-6-4-11(10-16)5-7-12/h4-7H,8-10H2,1-3H3,(H,17,20)(H,18,19). The van der Waals surface area contributed by atoms with Gasteiger partial charge in [-0.1, -0.05) is 28.1 Å². The maximum atomic E-state index is 11.9. The summed E-state index contributed by atoms with van der Waals surface area (Å²) in [5, 5.41) is 6.36. The van der Waals surface area contributed by atoms with Crippen LogP contribution in [0.25, 0.3) is 0 Å². The molecule has 1 aromatic rings. The van der Waals surface area contributed by atoms with Gasteiger partial charge in [0.25, 0.3) is 5.91 Å². The molecule has 1 aromatic carbocycles. The molecule has 2 amide bonds. The maximum Gasteiger partial charge on any atom is 0.251 e. The number of carbonyl (C=O) groups is 2. The van der Waals surface area contributed by atoms with Gasteiger partial charge in [-0.25, -0.2) is 0 Å². The smallest absolute Gasteiger partial charge is 0.251 e. The van der Waals surface area contributed by atoms with E-state index >= 15 is 0 Å². The third kappa shape index (κ3) is 6.19. The molecule has 5 heteroatoms. The molecular formula is C15H21BrN2O2. The highest BCUT2D eigenvalue weighted by Crippen LogP contribution is 2.07. The minimum Gasteiger partial charge on any atom is -0.352 e. The first-order valence-corrected chi connectivity index (χ1v) is 7.68. The molecule has 2 N–H and O–H groups in total. The maximum absolute atomic E-state index is 11.9. The van der Waals surface area contributed by atoms with Crippen molar-refractivity contribution in [1.29, 1.82) is 0 Å². The molecule has 0 heterocycles. The third-order valence-corrected chi connectivity index (χ3v) is 3.17. The molecule has 0 saturated heterocycles. The highest BCUT2D eigenvalue weighted by molar-refractivity contribution is 9.08. The number of alkyl halides is 1. The van der Waals surface area contributed by atoms with Crippen LogP contribution in [-0.4, -0.2) is 23.9 Å². The Hall–Kier alpha value is -1.36. The lowest BCUT2D eigenvalue weighted by Gasteiger charge is -2.20. The van der Waals surface area contributed by atoms with E-state index in [2.05, 4.69) is 26.6 Å². The molecule has 0 radical (unpaired) electrons. The average molecular weight is 341 g/mol. The van der Waals surface area contributed by atoms with Gasteiger partial charge in [-0.3, -0.25) is 9.59 Å².